The van der Waals surface area contributed by atoms with Crippen molar-refractivity contribution in [1.82, 2.24) is 10.6 Å². The van der Waals surface area contributed by atoms with Crippen molar-refractivity contribution in [2.24, 2.45) is 17.1 Å². The monoisotopic (exact) mass is 259 g/mol. The zero-order valence-corrected chi connectivity index (χ0v) is 10.9. The number of urea groups is 1. The lowest BCUT2D eigenvalue weighted by atomic mass is 9.76. The van der Waals surface area contributed by atoms with Gasteiger partial charge in [0.25, 0.3) is 0 Å². The SMILES string of the molecule is CC(C)C(C)(CC(=O)NCCNC(N)=O)C(=O)O. The molecule has 104 valence electrons. The Labute approximate surface area is 106 Å². The lowest BCUT2D eigenvalue weighted by Gasteiger charge is -2.28. The predicted molar refractivity (Wildman–Crippen MR) is 65.8 cm³/mol. The third kappa shape index (κ3) is 5.03. The van der Waals surface area contributed by atoms with Gasteiger partial charge in [-0.15, -0.1) is 0 Å². The molecule has 0 fully saturated rings. The van der Waals surface area contributed by atoms with Crippen LogP contribution in [-0.2, 0) is 9.59 Å². The van der Waals surface area contributed by atoms with Gasteiger partial charge in [-0.1, -0.05) is 13.8 Å². The van der Waals surface area contributed by atoms with Crippen LogP contribution in [-0.4, -0.2) is 36.1 Å². The first kappa shape index (κ1) is 16.2. The number of nitrogens with two attached hydrogens (primary N) is 1. The van der Waals surface area contributed by atoms with Crippen LogP contribution in [0.25, 0.3) is 0 Å². The van der Waals surface area contributed by atoms with E-state index in [4.69, 9.17) is 10.8 Å². The van der Waals surface area contributed by atoms with Crippen molar-refractivity contribution >= 4 is 17.9 Å². The Bertz CT molecular complexity index is 330. The fourth-order valence-electron chi connectivity index (χ4n) is 1.31. The Hall–Kier alpha value is -1.79. The van der Waals surface area contributed by atoms with Gasteiger partial charge >= 0.3 is 12.0 Å². The number of aliphatic carboxylic acids is 1. The quantitative estimate of drug-likeness (QED) is 0.477. The molecule has 0 bridgehead atoms. The molecule has 7 nitrogen and oxygen atoms in total. The van der Waals surface area contributed by atoms with E-state index in [1.54, 1.807) is 20.8 Å². The predicted octanol–water partition coefficient (Wildman–Crippen LogP) is -0.0921. The van der Waals surface area contributed by atoms with Gasteiger partial charge in [-0.25, -0.2) is 4.79 Å². The van der Waals surface area contributed by atoms with Gasteiger partial charge in [0, 0.05) is 19.5 Å². The maximum Gasteiger partial charge on any atom is 0.312 e. The number of carbonyl (C=O) groups excluding carboxylic acids is 2. The topological polar surface area (TPSA) is 122 Å². The van der Waals surface area contributed by atoms with Crippen molar-refractivity contribution in [1.29, 1.82) is 0 Å². The Morgan fingerprint density at radius 1 is 1.22 bits per heavy atom. The van der Waals surface area contributed by atoms with E-state index in [0.29, 0.717) is 0 Å². The van der Waals surface area contributed by atoms with Crippen LogP contribution >= 0.6 is 0 Å². The summed E-state index contributed by atoms with van der Waals surface area (Å²) in [5, 5.41) is 14.0. The average Bonchev–Trinajstić information content (AvgIpc) is 2.23. The zero-order chi connectivity index (χ0) is 14.3. The Kier molecular flexibility index (Phi) is 6.15. The molecule has 18 heavy (non-hydrogen) atoms. The minimum atomic E-state index is -1.10. The molecule has 1 atom stereocenters. The van der Waals surface area contributed by atoms with Gasteiger partial charge in [0.05, 0.1) is 5.41 Å². The number of rotatable bonds is 7. The number of carbonyl (C=O) groups is 3. The number of primary amides is 1. The van der Waals surface area contributed by atoms with E-state index >= 15 is 0 Å². The van der Waals surface area contributed by atoms with E-state index in [1.807, 2.05) is 0 Å². The number of carboxylic acids is 1. The molecule has 0 radical (unpaired) electrons. The van der Waals surface area contributed by atoms with E-state index in [0.717, 1.165) is 0 Å². The highest BCUT2D eigenvalue weighted by Gasteiger charge is 2.38. The van der Waals surface area contributed by atoms with Crippen LogP contribution in [0.15, 0.2) is 0 Å². The number of carboxylic acid groups (broad SMARTS) is 1. The summed E-state index contributed by atoms with van der Waals surface area (Å²) in [5.74, 6) is -1.52. The van der Waals surface area contributed by atoms with Crippen molar-refractivity contribution < 1.29 is 19.5 Å². The maximum atomic E-state index is 11.6. The molecule has 7 heteroatoms. The highest BCUT2D eigenvalue weighted by Crippen LogP contribution is 2.31. The molecule has 3 amide bonds. The van der Waals surface area contributed by atoms with Gasteiger partial charge in [0.15, 0.2) is 0 Å². The molecule has 0 rings (SSSR count). The molecule has 0 aromatic carbocycles. The van der Waals surface area contributed by atoms with E-state index < -0.39 is 17.4 Å². The lowest BCUT2D eigenvalue weighted by Crippen LogP contribution is -2.41. The smallest absolute Gasteiger partial charge is 0.312 e. The summed E-state index contributed by atoms with van der Waals surface area (Å²) >= 11 is 0. The van der Waals surface area contributed by atoms with Crippen molar-refractivity contribution in [3.05, 3.63) is 0 Å². The van der Waals surface area contributed by atoms with Crippen LogP contribution in [0.1, 0.15) is 27.2 Å². The van der Waals surface area contributed by atoms with Crippen molar-refractivity contribution in [3.8, 4) is 0 Å². The highest BCUT2D eigenvalue weighted by molar-refractivity contribution is 5.84. The van der Waals surface area contributed by atoms with Crippen LogP contribution in [0.2, 0.25) is 0 Å². The minimum absolute atomic E-state index is 0.101. The summed E-state index contributed by atoms with van der Waals surface area (Å²) in [6, 6.07) is -0.665. The summed E-state index contributed by atoms with van der Waals surface area (Å²) in [7, 11) is 0. The molecular weight excluding hydrogens is 238 g/mol. The van der Waals surface area contributed by atoms with Crippen molar-refractivity contribution in [3.63, 3.8) is 0 Å². The largest absolute Gasteiger partial charge is 0.481 e. The van der Waals surface area contributed by atoms with E-state index in [9.17, 15) is 14.4 Å². The Balaban J connectivity index is 4.20. The van der Waals surface area contributed by atoms with Gasteiger partial charge in [-0.2, -0.15) is 0 Å². The van der Waals surface area contributed by atoms with Crippen LogP contribution in [0.3, 0.4) is 0 Å². The van der Waals surface area contributed by atoms with Crippen molar-refractivity contribution in [2.45, 2.75) is 27.2 Å². The molecule has 0 aromatic rings. The molecule has 0 saturated carbocycles. The fraction of sp³-hybridized carbons (Fsp3) is 0.727. The van der Waals surface area contributed by atoms with E-state index in [1.165, 1.54) is 0 Å². The van der Waals surface area contributed by atoms with E-state index in [2.05, 4.69) is 10.6 Å². The molecular formula is C11H21N3O4. The number of amides is 3. The third-order valence-corrected chi connectivity index (χ3v) is 3.04. The second-order valence-electron chi connectivity index (χ2n) is 4.70. The van der Waals surface area contributed by atoms with Crippen molar-refractivity contribution in [2.75, 3.05) is 13.1 Å². The summed E-state index contributed by atoms with van der Waals surface area (Å²) in [5.41, 5.74) is 3.75. The maximum absolute atomic E-state index is 11.6. The molecule has 0 aliphatic heterocycles. The first-order valence-electron chi connectivity index (χ1n) is 5.73. The van der Waals surface area contributed by atoms with Gasteiger partial charge in [-0.05, 0) is 12.8 Å². The van der Waals surface area contributed by atoms with Crippen LogP contribution in [0, 0.1) is 11.3 Å². The van der Waals surface area contributed by atoms with Gasteiger partial charge in [-0.3, -0.25) is 9.59 Å². The lowest BCUT2D eigenvalue weighted by molar-refractivity contribution is -0.153. The first-order chi connectivity index (χ1) is 8.20. The Morgan fingerprint density at radius 3 is 2.11 bits per heavy atom. The normalized spacial score (nSPS) is 13.8. The third-order valence-electron chi connectivity index (χ3n) is 3.04. The van der Waals surface area contributed by atoms with E-state index in [-0.39, 0.29) is 31.3 Å². The van der Waals surface area contributed by atoms with Gasteiger partial charge in [0.1, 0.15) is 0 Å². The summed E-state index contributed by atoms with van der Waals surface area (Å²) < 4.78 is 0. The fourth-order valence-corrected chi connectivity index (χ4v) is 1.31. The summed E-state index contributed by atoms with van der Waals surface area (Å²) in [4.78, 5) is 33.1. The summed E-state index contributed by atoms with van der Waals surface area (Å²) in [6.07, 6.45) is -0.101. The van der Waals surface area contributed by atoms with Gasteiger partial charge < -0.3 is 21.5 Å². The molecule has 0 saturated heterocycles. The van der Waals surface area contributed by atoms with Gasteiger partial charge in [0.2, 0.25) is 5.91 Å². The summed E-state index contributed by atoms with van der Waals surface area (Å²) in [6.45, 7) is 5.50. The van der Waals surface area contributed by atoms with Crippen LogP contribution < -0.4 is 16.4 Å². The molecule has 0 spiro atoms. The Morgan fingerprint density at radius 2 is 1.72 bits per heavy atom. The van der Waals surface area contributed by atoms with Crippen LogP contribution in [0.4, 0.5) is 4.79 Å². The molecule has 0 aromatic heterocycles. The van der Waals surface area contributed by atoms with Crippen LogP contribution in [0.5, 0.6) is 0 Å². The molecule has 5 N–H and O–H groups in total. The molecule has 0 heterocycles. The number of hydrogen-bond acceptors (Lipinski definition) is 3. The zero-order valence-electron chi connectivity index (χ0n) is 10.9. The minimum Gasteiger partial charge on any atom is -0.481 e. The number of nitrogens with one attached hydrogen (secondary N) is 2. The highest BCUT2D eigenvalue weighted by atomic mass is 16.4. The second-order valence-corrected chi connectivity index (χ2v) is 4.70. The first-order valence-corrected chi connectivity index (χ1v) is 5.73. The number of hydrogen-bond donors (Lipinski definition) is 4. The molecule has 0 aliphatic rings. The molecule has 0 aliphatic carbocycles. The standard InChI is InChI=1S/C11H21N3O4/c1-7(2)11(3,9(16)17)6-8(15)13-4-5-14-10(12)18/h7H,4-6H2,1-3H3,(H,13,15)(H,16,17)(H3,12,14,18). The molecule has 1 unspecified atom stereocenters. The average molecular weight is 259 g/mol. The second kappa shape index (κ2) is 6.83.